The fourth-order valence-electron chi connectivity index (χ4n) is 12.5. The van der Waals surface area contributed by atoms with Crippen molar-refractivity contribution >= 4 is 11.9 Å². The van der Waals surface area contributed by atoms with Gasteiger partial charge < -0.3 is 20.3 Å². The molecule has 0 aliphatic rings. The van der Waals surface area contributed by atoms with Gasteiger partial charge in [0.1, 0.15) is 0 Å². The second kappa shape index (κ2) is 74.8. The van der Waals surface area contributed by atoms with Gasteiger partial charge in [0.2, 0.25) is 5.91 Å². The number of ether oxygens (including phenoxy) is 1. The molecule has 0 bridgehead atoms. The third-order valence-electron chi connectivity index (χ3n) is 18.5. The molecule has 0 aromatic heterocycles. The van der Waals surface area contributed by atoms with Gasteiger partial charge >= 0.3 is 5.97 Å². The molecule has 0 aromatic rings. The lowest BCUT2D eigenvalue weighted by molar-refractivity contribution is -0.143. The molecule has 0 fully saturated rings. The minimum atomic E-state index is -0.842. The maximum absolute atomic E-state index is 12.5. The van der Waals surface area contributed by atoms with Gasteiger partial charge in [-0.2, -0.15) is 0 Å². The Kier molecular flexibility index (Phi) is 73.3. The van der Waals surface area contributed by atoms with E-state index in [9.17, 15) is 19.8 Å². The average molecular weight is 1200 g/mol. The maximum atomic E-state index is 12.5. The first kappa shape index (κ1) is 83.3. The predicted octanol–water partition coefficient (Wildman–Crippen LogP) is 25.7. The Morgan fingerprint density at radius 2 is 0.553 bits per heavy atom. The number of nitrogens with one attached hydrogen (secondary N) is 1. The van der Waals surface area contributed by atoms with Gasteiger partial charge in [0.15, 0.2) is 0 Å². The minimum absolute atomic E-state index is 0.0145. The SMILES string of the molecule is CCCCCCCCC/C=C\CCCCCCCC(=O)OCCCCCCCCCCCCCCCCCCCCCCCCCCCCCCCCCCC(=O)NC(CO)C(O)/C=C/CCCCCCCCCCCCCCCCCCCC. The van der Waals surface area contributed by atoms with Crippen LogP contribution in [0, 0.1) is 0 Å². The van der Waals surface area contributed by atoms with Crippen molar-refractivity contribution < 1.29 is 24.5 Å². The molecule has 0 spiro atoms. The van der Waals surface area contributed by atoms with Gasteiger partial charge in [-0.3, -0.25) is 9.59 Å². The zero-order valence-corrected chi connectivity index (χ0v) is 57.9. The van der Waals surface area contributed by atoms with Gasteiger partial charge in [0.25, 0.3) is 0 Å². The van der Waals surface area contributed by atoms with Gasteiger partial charge in [-0.1, -0.05) is 398 Å². The normalized spacial score (nSPS) is 12.6. The van der Waals surface area contributed by atoms with E-state index < -0.39 is 12.1 Å². The summed E-state index contributed by atoms with van der Waals surface area (Å²) in [5, 5.41) is 23.3. The number of aliphatic hydroxyl groups is 2. The van der Waals surface area contributed by atoms with Crippen LogP contribution in [0.3, 0.4) is 0 Å². The van der Waals surface area contributed by atoms with Crippen LogP contribution >= 0.6 is 0 Å². The number of aliphatic hydroxyl groups excluding tert-OH is 2. The van der Waals surface area contributed by atoms with Crippen molar-refractivity contribution in [1.82, 2.24) is 5.32 Å². The molecule has 0 aliphatic carbocycles. The fraction of sp³-hybridized carbons (Fsp3) is 0.924. The topological polar surface area (TPSA) is 95.9 Å². The van der Waals surface area contributed by atoms with Crippen molar-refractivity contribution in [3.63, 3.8) is 0 Å². The molecule has 0 heterocycles. The first-order valence-corrected chi connectivity index (χ1v) is 39.1. The highest BCUT2D eigenvalue weighted by Crippen LogP contribution is 2.20. The summed E-state index contributed by atoms with van der Waals surface area (Å²) in [7, 11) is 0. The number of hydrogen-bond donors (Lipinski definition) is 3. The number of unbranched alkanes of at least 4 members (excludes halogenated alkanes) is 61. The molecule has 0 saturated carbocycles. The van der Waals surface area contributed by atoms with Crippen LogP contribution < -0.4 is 5.32 Å². The van der Waals surface area contributed by atoms with Crippen molar-refractivity contribution in [2.24, 2.45) is 0 Å². The van der Waals surface area contributed by atoms with E-state index in [2.05, 4.69) is 31.3 Å². The number of carbonyl (C=O) groups is 2. The van der Waals surface area contributed by atoms with E-state index in [4.69, 9.17) is 4.74 Å². The van der Waals surface area contributed by atoms with Crippen LogP contribution in [0.4, 0.5) is 0 Å². The van der Waals surface area contributed by atoms with E-state index in [1.165, 1.54) is 372 Å². The van der Waals surface area contributed by atoms with E-state index in [1.807, 2.05) is 6.08 Å². The molecule has 3 N–H and O–H groups in total. The summed E-state index contributed by atoms with van der Waals surface area (Å²) in [6, 6.07) is -0.625. The van der Waals surface area contributed by atoms with Crippen molar-refractivity contribution in [2.75, 3.05) is 13.2 Å². The molecular formula is C79H153NO5. The average Bonchev–Trinajstić information content (AvgIpc) is 3.51. The first-order valence-electron chi connectivity index (χ1n) is 39.1. The van der Waals surface area contributed by atoms with Crippen LogP contribution in [0.1, 0.15) is 444 Å². The van der Waals surface area contributed by atoms with Crippen molar-refractivity contribution in [3.8, 4) is 0 Å². The fourth-order valence-corrected chi connectivity index (χ4v) is 12.5. The molecular weight excluding hydrogens is 1040 g/mol. The number of amides is 1. The molecule has 0 aliphatic heterocycles. The molecule has 0 radical (unpaired) electrons. The van der Waals surface area contributed by atoms with E-state index in [0.29, 0.717) is 19.4 Å². The Labute approximate surface area is 532 Å². The Morgan fingerprint density at radius 1 is 0.318 bits per heavy atom. The lowest BCUT2D eigenvalue weighted by Gasteiger charge is -2.20. The number of carbonyl (C=O) groups excluding carboxylic acids is 2. The first-order chi connectivity index (χ1) is 42.0. The number of hydrogen-bond acceptors (Lipinski definition) is 5. The molecule has 0 saturated heterocycles. The molecule has 6 nitrogen and oxygen atoms in total. The summed E-state index contributed by atoms with van der Waals surface area (Å²) in [6.07, 6.45) is 95.8. The predicted molar refractivity (Wildman–Crippen MR) is 375 cm³/mol. The zero-order valence-electron chi connectivity index (χ0n) is 57.9. The zero-order chi connectivity index (χ0) is 61.3. The van der Waals surface area contributed by atoms with Crippen molar-refractivity contribution in [3.05, 3.63) is 24.3 Å². The summed E-state index contributed by atoms with van der Waals surface area (Å²) >= 11 is 0. The largest absolute Gasteiger partial charge is 0.466 e. The van der Waals surface area contributed by atoms with Gasteiger partial charge in [-0.15, -0.1) is 0 Å². The van der Waals surface area contributed by atoms with Gasteiger partial charge in [0.05, 0.1) is 25.4 Å². The van der Waals surface area contributed by atoms with Crippen molar-refractivity contribution in [1.29, 1.82) is 0 Å². The van der Waals surface area contributed by atoms with Crippen LogP contribution in [0.5, 0.6) is 0 Å². The summed E-state index contributed by atoms with van der Waals surface area (Å²) in [5.41, 5.74) is 0. The standard InChI is InChI=1S/C79H153NO5/c1-3-5-7-9-11-13-15-17-19-21-22-37-40-43-47-51-55-59-63-67-71-77(82)76(75-81)80-78(83)72-68-64-60-56-52-48-44-41-38-35-33-31-29-27-25-23-24-26-28-30-32-34-36-39-42-46-50-54-58-62-66-70-74-85-79(84)73-69-65-61-57-53-49-45-20-18-16-14-12-10-8-6-4-2/h20,45,67,71,76-77,81-82H,3-19,21-44,46-66,68-70,72-75H2,1-2H3,(H,80,83)/b45-20-,71-67+. The minimum Gasteiger partial charge on any atom is -0.466 e. The Hall–Kier alpha value is -1.66. The number of esters is 1. The highest BCUT2D eigenvalue weighted by Gasteiger charge is 2.18. The van der Waals surface area contributed by atoms with Crippen molar-refractivity contribution in [2.45, 2.75) is 456 Å². The maximum Gasteiger partial charge on any atom is 0.305 e. The van der Waals surface area contributed by atoms with E-state index in [1.54, 1.807) is 6.08 Å². The summed E-state index contributed by atoms with van der Waals surface area (Å²) in [5.74, 6) is -0.0444. The van der Waals surface area contributed by atoms with Crippen LogP contribution in [-0.4, -0.2) is 47.4 Å². The summed E-state index contributed by atoms with van der Waals surface area (Å²) < 4.78 is 5.50. The molecule has 1 amide bonds. The Balaban J connectivity index is 3.34. The highest BCUT2D eigenvalue weighted by molar-refractivity contribution is 5.76. The summed E-state index contributed by atoms with van der Waals surface area (Å²) in [4.78, 5) is 24.6. The van der Waals surface area contributed by atoms with Crippen LogP contribution in [0.2, 0.25) is 0 Å². The smallest absolute Gasteiger partial charge is 0.305 e. The van der Waals surface area contributed by atoms with Gasteiger partial charge in [0, 0.05) is 12.8 Å². The molecule has 85 heavy (non-hydrogen) atoms. The molecule has 2 atom stereocenters. The van der Waals surface area contributed by atoms with Crippen LogP contribution in [-0.2, 0) is 14.3 Å². The quantitative estimate of drug-likeness (QED) is 0.0320. The van der Waals surface area contributed by atoms with Crippen LogP contribution in [0.15, 0.2) is 24.3 Å². The number of allylic oxidation sites excluding steroid dienone is 3. The second-order valence-corrected chi connectivity index (χ2v) is 27.0. The monoisotopic (exact) mass is 1200 g/mol. The summed E-state index contributed by atoms with van der Waals surface area (Å²) in [6.45, 7) is 4.95. The Bertz CT molecular complexity index is 1330. The van der Waals surface area contributed by atoms with Gasteiger partial charge in [-0.05, 0) is 57.8 Å². The lowest BCUT2D eigenvalue weighted by atomic mass is 10.0. The molecule has 0 aromatic carbocycles. The van der Waals surface area contributed by atoms with E-state index >= 15 is 0 Å². The van der Waals surface area contributed by atoms with Crippen LogP contribution in [0.25, 0.3) is 0 Å². The third-order valence-corrected chi connectivity index (χ3v) is 18.5. The highest BCUT2D eigenvalue weighted by atomic mass is 16.5. The molecule has 504 valence electrons. The Morgan fingerprint density at radius 3 is 0.835 bits per heavy atom. The number of rotatable bonds is 74. The second-order valence-electron chi connectivity index (χ2n) is 27.0. The molecule has 0 rings (SSSR count). The van der Waals surface area contributed by atoms with Gasteiger partial charge in [-0.25, -0.2) is 0 Å². The van der Waals surface area contributed by atoms with E-state index in [-0.39, 0.29) is 18.5 Å². The van der Waals surface area contributed by atoms with E-state index in [0.717, 1.165) is 44.9 Å². The lowest BCUT2D eigenvalue weighted by Crippen LogP contribution is -2.45. The molecule has 6 heteroatoms. The molecule has 2 unspecified atom stereocenters. The third kappa shape index (κ3) is 71.3.